The highest BCUT2D eigenvalue weighted by atomic mass is 79.9. The second-order valence-corrected chi connectivity index (χ2v) is 9.08. The molecule has 29 heavy (non-hydrogen) atoms. The molecular formula is C23H29BrN2O3. The highest BCUT2D eigenvalue weighted by Crippen LogP contribution is 2.17. The van der Waals surface area contributed by atoms with Crippen molar-refractivity contribution in [2.45, 2.75) is 52.7 Å². The summed E-state index contributed by atoms with van der Waals surface area (Å²) in [6.07, 6.45) is 0. The number of carbonyl (C=O) groups excluding carboxylic acids is 2. The number of halogens is 1. The molecule has 0 unspecified atom stereocenters. The number of amides is 2. The van der Waals surface area contributed by atoms with Gasteiger partial charge in [0, 0.05) is 16.6 Å². The molecule has 6 heteroatoms. The molecule has 1 atom stereocenters. The van der Waals surface area contributed by atoms with Crippen LogP contribution in [0.2, 0.25) is 0 Å². The van der Waals surface area contributed by atoms with Crippen molar-refractivity contribution in [1.82, 2.24) is 10.2 Å². The highest BCUT2D eigenvalue weighted by molar-refractivity contribution is 9.10. The lowest BCUT2D eigenvalue weighted by Crippen LogP contribution is -2.53. The Hall–Kier alpha value is -2.34. The third kappa shape index (κ3) is 7.54. The van der Waals surface area contributed by atoms with Gasteiger partial charge in [0.05, 0.1) is 0 Å². The normalized spacial score (nSPS) is 12.2. The summed E-state index contributed by atoms with van der Waals surface area (Å²) in [7, 11) is 0. The maximum Gasteiger partial charge on any atom is 0.261 e. The monoisotopic (exact) mass is 460 g/mol. The summed E-state index contributed by atoms with van der Waals surface area (Å²) in [5.74, 6) is 0.164. The van der Waals surface area contributed by atoms with E-state index in [1.165, 1.54) is 0 Å². The van der Waals surface area contributed by atoms with Crippen LogP contribution in [0.5, 0.6) is 5.75 Å². The van der Waals surface area contributed by atoms with Crippen molar-refractivity contribution in [2.24, 2.45) is 0 Å². The van der Waals surface area contributed by atoms with Gasteiger partial charge in [-0.25, -0.2) is 0 Å². The third-order valence-corrected chi connectivity index (χ3v) is 4.81. The van der Waals surface area contributed by atoms with Crippen LogP contribution in [0.4, 0.5) is 0 Å². The van der Waals surface area contributed by atoms with E-state index < -0.39 is 6.04 Å². The molecule has 156 valence electrons. The average molecular weight is 461 g/mol. The van der Waals surface area contributed by atoms with Crippen molar-refractivity contribution in [2.75, 3.05) is 6.61 Å². The number of nitrogens with one attached hydrogen (secondary N) is 1. The van der Waals surface area contributed by atoms with Gasteiger partial charge in [-0.3, -0.25) is 9.59 Å². The molecule has 2 rings (SSSR count). The van der Waals surface area contributed by atoms with Crippen molar-refractivity contribution in [3.05, 3.63) is 64.1 Å². The summed E-state index contributed by atoms with van der Waals surface area (Å²) >= 11 is 3.38. The number of nitrogens with zero attached hydrogens (tertiary/aromatic N) is 1. The topological polar surface area (TPSA) is 58.6 Å². The first-order valence-electron chi connectivity index (χ1n) is 9.60. The molecule has 0 radical (unpaired) electrons. The number of ether oxygens (including phenoxy) is 1. The maximum absolute atomic E-state index is 13.0. The van der Waals surface area contributed by atoms with E-state index in [1.807, 2.05) is 64.1 Å². The molecule has 0 spiro atoms. The van der Waals surface area contributed by atoms with Crippen molar-refractivity contribution >= 4 is 27.7 Å². The molecule has 0 fully saturated rings. The molecule has 1 N–H and O–H groups in total. The molecule has 5 nitrogen and oxygen atoms in total. The Morgan fingerprint density at radius 1 is 1.14 bits per heavy atom. The molecule has 0 heterocycles. The lowest BCUT2D eigenvalue weighted by atomic mass is 10.1. The van der Waals surface area contributed by atoms with Gasteiger partial charge in [0.25, 0.3) is 5.91 Å². The number of hydrogen-bond donors (Lipinski definition) is 1. The maximum atomic E-state index is 13.0. The van der Waals surface area contributed by atoms with Crippen LogP contribution in [0.25, 0.3) is 0 Å². The van der Waals surface area contributed by atoms with Crippen LogP contribution >= 0.6 is 15.9 Å². The zero-order chi connectivity index (χ0) is 21.6. The predicted octanol–water partition coefficient (Wildman–Crippen LogP) is 4.47. The summed E-state index contributed by atoms with van der Waals surface area (Å²) in [5.41, 5.74) is 1.70. The smallest absolute Gasteiger partial charge is 0.261 e. The van der Waals surface area contributed by atoms with Crippen molar-refractivity contribution < 1.29 is 14.3 Å². The first-order valence-corrected chi connectivity index (χ1v) is 10.4. The van der Waals surface area contributed by atoms with Crippen LogP contribution in [0, 0.1) is 6.92 Å². The Kier molecular flexibility index (Phi) is 7.85. The Morgan fingerprint density at radius 2 is 1.79 bits per heavy atom. The Labute approximate surface area is 181 Å². The highest BCUT2D eigenvalue weighted by Gasteiger charge is 2.28. The predicted molar refractivity (Wildman–Crippen MR) is 119 cm³/mol. The molecule has 0 saturated heterocycles. The van der Waals surface area contributed by atoms with Gasteiger partial charge in [0.15, 0.2) is 6.61 Å². The fourth-order valence-corrected chi connectivity index (χ4v) is 3.09. The number of hydrogen-bond acceptors (Lipinski definition) is 3. The Balaban J connectivity index is 2.16. The number of aryl methyl sites for hydroxylation is 1. The van der Waals surface area contributed by atoms with Crippen LogP contribution in [-0.4, -0.2) is 34.9 Å². The quantitative estimate of drug-likeness (QED) is 0.662. The summed E-state index contributed by atoms with van der Waals surface area (Å²) in [4.78, 5) is 27.3. The SMILES string of the molecule is Cc1cccc(CN(C(=O)COc2ccc(Br)cc2)[C@@H](C)C(=O)NC(C)(C)C)c1. The third-order valence-electron chi connectivity index (χ3n) is 4.28. The van der Waals surface area contributed by atoms with Crippen LogP contribution in [-0.2, 0) is 16.1 Å². The lowest BCUT2D eigenvalue weighted by Gasteiger charge is -2.31. The summed E-state index contributed by atoms with van der Waals surface area (Å²) in [6, 6.07) is 14.6. The van der Waals surface area contributed by atoms with Crippen molar-refractivity contribution in [1.29, 1.82) is 0 Å². The Morgan fingerprint density at radius 3 is 2.38 bits per heavy atom. The second kappa shape index (κ2) is 9.92. The number of benzene rings is 2. The van der Waals surface area contributed by atoms with E-state index >= 15 is 0 Å². The molecule has 0 aliphatic heterocycles. The molecule has 2 aromatic carbocycles. The van der Waals surface area contributed by atoms with Crippen LogP contribution < -0.4 is 10.1 Å². The summed E-state index contributed by atoms with van der Waals surface area (Å²) in [6.45, 7) is 9.70. The van der Waals surface area contributed by atoms with Gasteiger partial charge in [-0.1, -0.05) is 45.8 Å². The fraction of sp³-hybridized carbons (Fsp3) is 0.391. The first-order chi connectivity index (χ1) is 13.5. The standard InChI is InChI=1S/C23H29BrN2O3/c1-16-7-6-8-18(13-16)14-26(17(2)22(28)25-23(3,4)5)21(27)15-29-20-11-9-19(24)10-12-20/h6-13,17H,14-15H2,1-5H3,(H,25,28)/t17-/m0/s1. The summed E-state index contributed by atoms with van der Waals surface area (Å²) in [5, 5.41) is 2.95. The first kappa shape index (κ1) is 22.9. The molecule has 0 aliphatic rings. The lowest BCUT2D eigenvalue weighted by molar-refractivity contribution is -0.142. The number of rotatable bonds is 7. The van der Waals surface area contributed by atoms with E-state index in [0.29, 0.717) is 12.3 Å². The van der Waals surface area contributed by atoms with Crippen LogP contribution in [0.3, 0.4) is 0 Å². The fourth-order valence-electron chi connectivity index (χ4n) is 2.82. The minimum Gasteiger partial charge on any atom is -0.484 e. The largest absolute Gasteiger partial charge is 0.484 e. The average Bonchev–Trinajstić information content (AvgIpc) is 2.63. The van der Waals surface area contributed by atoms with E-state index in [-0.39, 0.29) is 24.0 Å². The van der Waals surface area contributed by atoms with Gasteiger partial charge in [-0.15, -0.1) is 0 Å². The zero-order valence-electron chi connectivity index (χ0n) is 17.7. The summed E-state index contributed by atoms with van der Waals surface area (Å²) < 4.78 is 6.59. The van der Waals surface area contributed by atoms with Gasteiger partial charge in [0.2, 0.25) is 5.91 Å². The minimum atomic E-state index is -0.629. The van der Waals surface area contributed by atoms with Gasteiger partial charge in [0.1, 0.15) is 11.8 Å². The van der Waals surface area contributed by atoms with E-state index in [1.54, 1.807) is 24.0 Å². The van der Waals surface area contributed by atoms with Gasteiger partial charge in [-0.05, 0) is 64.4 Å². The van der Waals surface area contributed by atoms with Crippen LogP contribution in [0.1, 0.15) is 38.8 Å². The minimum absolute atomic E-state index is 0.138. The van der Waals surface area contributed by atoms with Crippen molar-refractivity contribution in [3.8, 4) is 5.75 Å². The molecule has 2 aromatic rings. The van der Waals surface area contributed by atoms with Gasteiger partial charge < -0.3 is 15.0 Å². The van der Waals surface area contributed by atoms with E-state index in [4.69, 9.17) is 4.74 Å². The molecule has 0 aliphatic carbocycles. The molecule has 0 aromatic heterocycles. The van der Waals surface area contributed by atoms with Crippen molar-refractivity contribution in [3.63, 3.8) is 0 Å². The van der Waals surface area contributed by atoms with Crippen LogP contribution in [0.15, 0.2) is 53.0 Å². The number of carbonyl (C=O) groups is 2. The van der Waals surface area contributed by atoms with Gasteiger partial charge >= 0.3 is 0 Å². The molecule has 0 bridgehead atoms. The van der Waals surface area contributed by atoms with E-state index in [9.17, 15) is 9.59 Å². The molecule has 0 saturated carbocycles. The molecular weight excluding hydrogens is 432 g/mol. The molecule has 2 amide bonds. The van der Waals surface area contributed by atoms with E-state index in [0.717, 1.165) is 15.6 Å². The Bertz CT molecular complexity index is 844. The second-order valence-electron chi connectivity index (χ2n) is 8.17. The van der Waals surface area contributed by atoms with E-state index in [2.05, 4.69) is 21.2 Å². The van der Waals surface area contributed by atoms with Gasteiger partial charge in [-0.2, -0.15) is 0 Å². The zero-order valence-corrected chi connectivity index (χ0v) is 19.2.